The van der Waals surface area contributed by atoms with Gasteiger partial charge in [0.15, 0.2) is 5.78 Å². The largest absolute Gasteiger partial charge is 0.293 e. The third-order valence-electron chi connectivity index (χ3n) is 6.61. The molecule has 3 heterocycles. The normalized spacial score (nSPS) is 24.9. The quantitative estimate of drug-likeness (QED) is 0.588. The number of piperidine rings is 2. The first-order chi connectivity index (χ1) is 13.8. The molecular formula is C25H26N2O. The summed E-state index contributed by atoms with van der Waals surface area (Å²) in [5.74, 6) is 0.341. The first-order valence-electron chi connectivity index (χ1n) is 10.5. The summed E-state index contributed by atoms with van der Waals surface area (Å²) < 4.78 is 0. The van der Waals surface area contributed by atoms with Gasteiger partial charge in [-0.1, -0.05) is 61.0 Å². The number of hydrogen-bond acceptors (Lipinski definition) is 3. The topological polar surface area (TPSA) is 33.2 Å². The predicted octanol–water partition coefficient (Wildman–Crippen LogP) is 5.25. The van der Waals surface area contributed by atoms with E-state index < -0.39 is 0 Å². The van der Waals surface area contributed by atoms with E-state index in [0.29, 0.717) is 17.8 Å². The monoisotopic (exact) mass is 370 g/mol. The van der Waals surface area contributed by atoms with Gasteiger partial charge in [-0.05, 0) is 42.7 Å². The van der Waals surface area contributed by atoms with E-state index in [1.165, 1.54) is 24.8 Å². The van der Waals surface area contributed by atoms with Crippen LogP contribution in [0.5, 0.6) is 0 Å². The third-order valence-corrected chi connectivity index (χ3v) is 6.61. The lowest BCUT2D eigenvalue weighted by molar-refractivity contribution is 0.00897. The number of ketones is 1. The number of carbonyl (C=O) groups excluding carboxylic acids is 1. The van der Waals surface area contributed by atoms with E-state index in [9.17, 15) is 4.79 Å². The molecule has 2 aliphatic heterocycles. The third kappa shape index (κ3) is 3.24. The molecule has 3 heteroatoms. The van der Waals surface area contributed by atoms with Crippen molar-refractivity contribution in [2.45, 2.75) is 50.7 Å². The maximum atomic E-state index is 13.4. The van der Waals surface area contributed by atoms with Gasteiger partial charge in [-0.25, -0.2) is 0 Å². The first kappa shape index (κ1) is 17.6. The number of benzene rings is 2. The summed E-state index contributed by atoms with van der Waals surface area (Å²) >= 11 is 0. The van der Waals surface area contributed by atoms with Crippen molar-refractivity contribution in [2.75, 3.05) is 0 Å². The Kier molecular flexibility index (Phi) is 4.69. The molecule has 2 atom stereocenters. The van der Waals surface area contributed by atoms with E-state index in [4.69, 9.17) is 0 Å². The molecule has 0 spiro atoms. The molecule has 2 aromatic carbocycles. The molecule has 0 radical (unpaired) electrons. The zero-order chi connectivity index (χ0) is 18.9. The highest BCUT2D eigenvalue weighted by atomic mass is 16.1. The van der Waals surface area contributed by atoms with Crippen molar-refractivity contribution in [2.24, 2.45) is 5.92 Å². The summed E-state index contributed by atoms with van der Waals surface area (Å²) in [4.78, 5) is 20.6. The van der Waals surface area contributed by atoms with Crippen LogP contribution in [0.15, 0.2) is 66.9 Å². The number of nitrogens with zero attached hydrogens (tertiary/aromatic N) is 2. The zero-order valence-corrected chi connectivity index (χ0v) is 16.1. The van der Waals surface area contributed by atoms with Gasteiger partial charge in [0.1, 0.15) is 5.69 Å². The van der Waals surface area contributed by atoms with Gasteiger partial charge >= 0.3 is 0 Å². The number of rotatable bonds is 4. The molecule has 2 aliphatic rings. The van der Waals surface area contributed by atoms with Crippen LogP contribution in [-0.2, 0) is 6.54 Å². The van der Waals surface area contributed by atoms with Crippen molar-refractivity contribution in [1.82, 2.24) is 9.88 Å². The van der Waals surface area contributed by atoms with Gasteiger partial charge in [-0.3, -0.25) is 14.7 Å². The Balaban J connectivity index is 1.39. The summed E-state index contributed by atoms with van der Waals surface area (Å²) in [6.45, 7) is 1.00. The lowest BCUT2D eigenvalue weighted by atomic mass is 9.75. The van der Waals surface area contributed by atoms with Gasteiger partial charge in [0, 0.05) is 36.1 Å². The highest BCUT2D eigenvalue weighted by molar-refractivity contribution is 6.07. The molecule has 2 unspecified atom stereocenters. The predicted molar refractivity (Wildman–Crippen MR) is 112 cm³/mol. The maximum absolute atomic E-state index is 13.4. The maximum Gasteiger partial charge on any atom is 0.184 e. The van der Waals surface area contributed by atoms with Crippen LogP contribution in [0.2, 0.25) is 0 Å². The van der Waals surface area contributed by atoms with Crippen LogP contribution in [0.25, 0.3) is 10.8 Å². The number of Topliss-reactive ketones (excluding diaryl/α,β-unsaturated/α-hetero) is 1. The average Bonchev–Trinajstić information content (AvgIpc) is 2.73. The van der Waals surface area contributed by atoms with Crippen LogP contribution in [0.4, 0.5) is 0 Å². The molecule has 0 N–H and O–H groups in total. The molecule has 0 amide bonds. The van der Waals surface area contributed by atoms with Crippen molar-refractivity contribution < 1.29 is 4.79 Å². The molecule has 1 aromatic heterocycles. The van der Waals surface area contributed by atoms with Gasteiger partial charge in [-0.2, -0.15) is 0 Å². The molecule has 2 bridgehead atoms. The summed E-state index contributed by atoms with van der Waals surface area (Å²) in [5, 5.41) is 2.09. The minimum absolute atomic E-state index is 0.0978. The van der Waals surface area contributed by atoms with Gasteiger partial charge in [0.2, 0.25) is 0 Å². The van der Waals surface area contributed by atoms with Crippen LogP contribution in [0, 0.1) is 5.92 Å². The van der Waals surface area contributed by atoms with E-state index in [0.717, 1.165) is 30.2 Å². The fourth-order valence-electron chi connectivity index (χ4n) is 5.25. The SMILES string of the molecule is O=C(c1nccc2ccccc12)C1CC2CCCC(C1)N2Cc1ccccc1. The average molecular weight is 370 g/mol. The molecule has 0 aliphatic carbocycles. The van der Waals surface area contributed by atoms with E-state index in [-0.39, 0.29) is 11.7 Å². The Morgan fingerprint density at radius 2 is 1.64 bits per heavy atom. The smallest absolute Gasteiger partial charge is 0.184 e. The Hall–Kier alpha value is -2.52. The Bertz CT molecular complexity index is 965. The Morgan fingerprint density at radius 3 is 2.43 bits per heavy atom. The van der Waals surface area contributed by atoms with Gasteiger partial charge in [0.25, 0.3) is 0 Å². The van der Waals surface area contributed by atoms with E-state index in [1.54, 1.807) is 6.20 Å². The van der Waals surface area contributed by atoms with E-state index in [1.807, 2.05) is 24.3 Å². The Morgan fingerprint density at radius 1 is 0.929 bits per heavy atom. The van der Waals surface area contributed by atoms with E-state index in [2.05, 4.69) is 46.3 Å². The van der Waals surface area contributed by atoms with Crippen molar-refractivity contribution in [3.63, 3.8) is 0 Å². The summed E-state index contributed by atoms with van der Waals surface area (Å²) in [7, 11) is 0. The lowest BCUT2D eigenvalue weighted by Gasteiger charge is -2.48. The number of pyridine rings is 1. The highest BCUT2D eigenvalue weighted by Crippen LogP contribution is 2.39. The van der Waals surface area contributed by atoms with E-state index >= 15 is 0 Å². The van der Waals surface area contributed by atoms with Crippen LogP contribution in [-0.4, -0.2) is 27.8 Å². The molecule has 5 rings (SSSR count). The van der Waals surface area contributed by atoms with Gasteiger partial charge in [0.05, 0.1) is 0 Å². The number of hydrogen-bond donors (Lipinski definition) is 0. The molecule has 0 saturated carbocycles. The molecule has 3 nitrogen and oxygen atoms in total. The van der Waals surface area contributed by atoms with Crippen molar-refractivity contribution in [3.05, 3.63) is 78.1 Å². The number of aromatic nitrogens is 1. The van der Waals surface area contributed by atoms with Crippen molar-refractivity contribution >= 4 is 16.6 Å². The second kappa shape index (κ2) is 7.48. The lowest BCUT2D eigenvalue weighted by Crippen LogP contribution is -2.52. The Labute approximate surface area is 166 Å². The molecule has 2 fully saturated rings. The standard InChI is InChI=1S/C25H26N2O/c28-25(24-23-12-5-4-9-19(23)13-14-26-24)20-15-21-10-6-11-22(16-20)27(21)17-18-7-2-1-3-8-18/h1-5,7-9,12-14,20-22H,6,10-11,15-17H2. The van der Waals surface area contributed by atoms with Crippen LogP contribution in [0.3, 0.4) is 0 Å². The van der Waals surface area contributed by atoms with Crippen LogP contribution in [0.1, 0.15) is 48.2 Å². The first-order valence-corrected chi connectivity index (χ1v) is 10.5. The second-order valence-corrected chi connectivity index (χ2v) is 8.31. The van der Waals surface area contributed by atoms with Gasteiger partial charge in [-0.15, -0.1) is 0 Å². The van der Waals surface area contributed by atoms with Gasteiger partial charge < -0.3 is 0 Å². The summed E-state index contributed by atoms with van der Waals surface area (Å²) in [5.41, 5.74) is 2.04. The van der Waals surface area contributed by atoms with Crippen LogP contribution < -0.4 is 0 Å². The molecular weight excluding hydrogens is 344 g/mol. The summed E-state index contributed by atoms with van der Waals surface area (Å²) in [6, 6.07) is 21.9. The fourth-order valence-corrected chi connectivity index (χ4v) is 5.25. The molecule has 2 saturated heterocycles. The zero-order valence-electron chi connectivity index (χ0n) is 16.1. The number of carbonyl (C=O) groups is 1. The second-order valence-electron chi connectivity index (χ2n) is 8.31. The number of fused-ring (bicyclic) bond motifs is 3. The van der Waals surface area contributed by atoms with Crippen LogP contribution >= 0.6 is 0 Å². The summed E-state index contributed by atoms with van der Waals surface area (Å²) in [6.07, 6.45) is 7.40. The minimum Gasteiger partial charge on any atom is -0.293 e. The highest BCUT2D eigenvalue weighted by Gasteiger charge is 2.41. The minimum atomic E-state index is 0.0978. The molecule has 142 valence electrons. The fraction of sp³-hybridized carbons (Fsp3) is 0.360. The van der Waals surface area contributed by atoms with Crippen molar-refractivity contribution in [3.8, 4) is 0 Å². The molecule has 28 heavy (non-hydrogen) atoms. The van der Waals surface area contributed by atoms with Crippen molar-refractivity contribution in [1.29, 1.82) is 0 Å². The molecule has 3 aromatic rings.